The smallest absolute Gasteiger partial charge is 0.377 e. The molecule has 0 aliphatic carbocycles. The van der Waals surface area contributed by atoms with Crippen LogP contribution in [0.4, 0.5) is 0 Å². The van der Waals surface area contributed by atoms with Crippen LogP contribution < -0.4 is 0 Å². The standard InChI is InChI=1S/C10H25NO3S2Si/c1-6-11(7-2)16-15-9-8-10-17(12-3,13-4)14-5/h6-10H2,1-5H3. The van der Waals surface area contributed by atoms with Crippen LogP contribution >= 0.6 is 21.8 Å². The first kappa shape index (κ1) is 17.8. The molecule has 0 atom stereocenters. The molecule has 0 saturated carbocycles. The molecule has 0 aromatic heterocycles. The van der Waals surface area contributed by atoms with Crippen molar-refractivity contribution in [3.8, 4) is 0 Å². The van der Waals surface area contributed by atoms with Gasteiger partial charge >= 0.3 is 8.80 Å². The summed E-state index contributed by atoms with van der Waals surface area (Å²) in [4.78, 5) is 0. The highest BCUT2D eigenvalue weighted by Gasteiger charge is 2.36. The van der Waals surface area contributed by atoms with Crippen LogP contribution in [-0.4, -0.2) is 53.3 Å². The van der Waals surface area contributed by atoms with E-state index < -0.39 is 8.80 Å². The summed E-state index contributed by atoms with van der Waals surface area (Å²) in [5.41, 5.74) is 0. The third-order valence-electron chi connectivity index (χ3n) is 2.51. The van der Waals surface area contributed by atoms with Gasteiger partial charge in [-0.25, -0.2) is 4.31 Å². The Morgan fingerprint density at radius 1 is 1.00 bits per heavy atom. The summed E-state index contributed by atoms with van der Waals surface area (Å²) in [5, 5.41) is 0. The highest BCUT2D eigenvalue weighted by Crippen LogP contribution is 2.27. The van der Waals surface area contributed by atoms with Crippen molar-refractivity contribution in [1.29, 1.82) is 0 Å². The van der Waals surface area contributed by atoms with E-state index in [1.54, 1.807) is 21.3 Å². The Bertz CT molecular complexity index is 173. The van der Waals surface area contributed by atoms with Gasteiger partial charge in [-0.15, -0.1) is 0 Å². The predicted molar refractivity (Wildman–Crippen MR) is 79.2 cm³/mol. The maximum Gasteiger partial charge on any atom is 0.500 e. The summed E-state index contributed by atoms with van der Waals surface area (Å²) in [6.07, 6.45) is 1.06. The lowest BCUT2D eigenvalue weighted by Gasteiger charge is -2.24. The Hall–Kier alpha value is 0.757. The van der Waals surface area contributed by atoms with Gasteiger partial charge in [0.05, 0.1) is 0 Å². The van der Waals surface area contributed by atoms with Crippen molar-refractivity contribution >= 4 is 30.6 Å². The SMILES string of the molecule is CCN(CC)SSCCC[Si](OC)(OC)OC. The van der Waals surface area contributed by atoms with E-state index in [9.17, 15) is 0 Å². The second-order valence-electron chi connectivity index (χ2n) is 3.41. The summed E-state index contributed by atoms with van der Waals surface area (Å²) in [7, 11) is 6.36. The second kappa shape index (κ2) is 10.7. The van der Waals surface area contributed by atoms with E-state index in [0.717, 1.165) is 31.3 Å². The monoisotopic (exact) mass is 299 g/mol. The van der Waals surface area contributed by atoms with E-state index in [0.29, 0.717) is 0 Å². The molecule has 0 aliphatic heterocycles. The van der Waals surface area contributed by atoms with Gasteiger partial charge < -0.3 is 13.3 Å². The van der Waals surface area contributed by atoms with Crippen LogP contribution in [-0.2, 0) is 13.3 Å². The van der Waals surface area contributed by atoms with E-state index in [4.69, 9.17) is 13.3 Å². The third-order valence-corrected chi connectivity index (χ3v) is 8.08. The van der Waals surface area contributed by atoms with E-state index in [-0.39, 0.29) is 0 Å². The highest BCUT2D eigenvalue weighted by molar-refractivity contribution is 8.75. The molecule has 0 aliphatic rings. The van der Waals surface area contributed by atoms with E-state index >= 15 is 0 Å². The van der Waals surface area contributed by atoms with Crippen molar-refractivity contribution in [3.63, 3.8) is 0 Å². The molecule has 0 bridgehead atoms. The van der Waals surface area contributed by atoms with Crippen molar-refractivity contribution < 1.29 is 13.3 Å². The van der Waals surface area contributed by atoms with Gasteiger partial charge in [0.15, 0.2) is 0 Å². The maximum absolute atomic E-state index is 5.37. The number of rotatable bonds is 11. The quantitative estimate of drug-likeness (QED) is 0.252. The molecule has 0 N–H and O–H groups in total. The van der Waals surface area contributed by atoms with Crippen molar-refractivity contribution in [2.45, 2.75) is 26.3 Å². The minimum atomic E-state index is -2.35. The first-order valence-corrected chi connectivity index (χ1v) is 10.1. The lowest BCUT2D eigenvalue weighted by atomic mass is 10.6. The molecule has 0 amide bonds. The van der Waals surface area contributed by atoms with Crippen molar-refractivity contribution in [3.05, 3.63) is 0 Å². The first-order valence-electron chi connectivity index (χ1n) is 5.88. The van der Waals surface area contributed by atoms with Gasteiger partial charge in [-0.05, 0) is 17.4 Å². The summed E-state index contributed by atoms with van der Waals surface area (Å²) >= 11 is 0. The summed E-state index contributed by atoms with van der Waals surface area (Å²) in [6, 6.07) is 0.877. The molecule has 0 spiro atoms. The molecule has 0 radical (unpaired) electrons. The fourth-order valence-electron chi connectivity index (χ4n) is 1.34. The van der Waals surface area contributed by atoms with E-state index in [1.807, 2.05) is 21.8 Å². The second-order valence-corrected chi connectivity index (χ2v) is 8.96. The van der Waals surface area contributed by atoms with Gasteiger partial charge in [-0.1, -0.05) is 24.6 Å². The molecule has 0 rings (SSSR count). The molecule has 0 aromatic carbocycles. The molecule has 104 valence electrons. The van der Waals surface area contributed by atoms with Crippen LogP contribution in [0.1, 0.15) is 20.3 Å². The Kier molecular flexibility index (Phi) is 11.1. The van der Waals surface area contributed by atoms with Gasteiger partial charge in [0.2, 0.25) is 0 Å². The maximum atomic E-state index is 5.37. The average molecular weight is 300 g/mol. The normalized spacial score (nSPS) is 12.4. The molecule has 0 unspecified atom stereocenters. The molecular weight excluding hydrogens is 274 g/mol. The Labute approximate surface area is 115 Å². The number of hydrogen-bond donors (Lipinski definition) is 0. The number of nitrogens with zero attached hydrogens (tertiary/aromatic N) is 1. The zero-order valence-corrected chi connectivity index (χ0v) is 14.2. The zero-order valence-electron chi connectivity index (χ0n) is 11.5. The first-order chi connectivity index (χ1) is 8.17. The fraction of sp³-hybridized carbons (Fsp3) is 1.00. The topological polar surface area (TPSA) is 30.9 Å². The fourth-order valence-corrected chi connectivity index (χ4v) is 5.68. The zero-order chi connectivity index (χ0) is 13.1. The molecule has 0 aromatic rings. The number of hydrogen-bond acceptors (Lipinski definition) is 6. The van der Waals surface area contributed by atoms with Crippen LogP contribution in [0.5, 0.6) is 0 Å². The summed E-state index contributed by atoms with van der Waals surface area (Å²) in [6.45, 7) is 6.52. The molecule has 7 heteroatoms. The molecule has 0 fully saturated rings. The summed E-state index contributed by atoms with van der Waals surface area (Å²) < 4.78 is 18.5. The van der Waals surface area contributed by atoms with Gasteiger partial charge in [0.25, 0.3) is 0 Å². The van der Waals surface area contributed by atoms with Crippen LogP contribution in [0.25, 0.3) is 0 Å². The van der Waals surface area contributed by atoms with Gasteiger partial charge in [-0.2, -0.15) is 0 Å². The van der Waals surface area contributed by atoms with Crippen LogP contribution in [0.3, 0.4) is 0 Å². The highest BCUT2D eigenvalue weighted by atomic mass is 33.1. The van der Waals surface area contributed by atoms with Crippen molar-refractivity contribution in [1.82, 2.24) is 4.31 Å². The molecule has 0 heterocycles. The Balaban J connectivity index is 3.68. The van der Waals surface area contributed by atoms with E-state index in [1.165, 1.54) is 0 Å². The lowest BCUT2D eigenvalue weighted by molar-refractivity contribution is 0.123. The largest absolute Gasteiger partial charge is 0.500 e. The van der Waals surface area contributed by atoms with Crippen molar-refractivity contribution in [2.24, 2.45) is 0 Å². The minimum absolute atomic E-state index is 0.877. The van der Waals surface area contributed by atoms with Crippen molar-refractivity contribution in [2.75, 3.05) is 40.2 Å². The van der Waals surface area contributed by atoms with Gasteiger partial charge in [-0.3, -0.25) is 0 Å². The van der Waals surface area contributed by atoms with Crippen LogP contribution in [0.15, 0.2) is 0 Å². The Morgan fingerprint density at radius 2 is 1.53 bits per heavy atom. The summed E-state index contributed by atoms with van der Waals surface area (Å²) in [5.74, 6) is 1.09. The Morgan fingerprint density at radius 3 is 1.94 bits per heavy atom. The van der Waals surface area contributed by atoms with Crippen LogP contribution in [0, 0.1) is 0 Å². The predicted octanol–water partition coefficient (Wildman–Crippen LogP) is 2.89. The third kappa shape index (κ3) is 7.05. The average Bonchev–Trinajstić information content (AvgIpc) is 2.39. The van der Waals surface area contributed by atoms with Gasteiger partial charge in [0, 0.05) is 46.2 Å². The minimum Gasteiger partial charge on any atom is -0.377 e. The molecular formula is C10H25NO3S2Si. The molecule has 4 nitrogen and oxygen atoms in total. The molecule has 17 heavy (non-hydrogen) atoms. The van der Waals surface area contributed by atoms with Gasteiger partial charge in [0.1, 0.15) is 0 Å². The van der Waals surface area contributed by atoms with Crippen LogP contribution in [0.2, 0.25) is 6.04 Å². The van der Waals surface area contributed by atoms with E-state index in [2.05, 4.69) is 18.2 Å². The lowest BCUT2D eigenvalue weighted by Crippen LogP contribution is -2.42. The molecule has 0 saturated heterocycles.